The maximum Gasteiger partial charge on any atom is 0.192 e. The van der Waals surface area contributed by atoms with Crippen molar-refractivity contribution in [3.8, 4) is 0 Å². The third kappa shape index (κ3) is 5.22. The summed E-state index contributed by atoms with van der Waals surface area (Å²) in [6, 6.07) is 3.48. The minimum Gasteiger partial charge on any atom is -0.394 e. The second-order valence-corrected chi connectivity index (χ2v) is 9.65. The molecule has 0 unspecified atom stereocenters. The molecule has 0 aliphatic carbocycles. The van der Waals surface area contributed by atoms with Crippen molar-refractivity contribution in [2.24, 2.45) is 5.92 Å². The number of aliphatic hydroxyl groups excluding tert-OH is 1. The number of thioether (sulfide) groups is 1. The molecule has 3 aromatic heterocycles. The Labute approximate surface area is 177 Å². The SMILES string of the molecule is CC(C)C[C@H](CO)Nc1nc(S[C@@H](C)c2cc(Cl)ccn2)nc2nc(N)sc12. The van der Waals surface area contributed by atoms with E-state index in [1.807, 2.05) is 13.0 Å². The van der Waals surface area contributed by atoms with Gasteiger partial charge in [0.1, 0.15) is 4.70 Å². The fourth-order valence-corrected chi connectivity index (χ4v) is 4.52. The molecule has 0 fully saturated rings. The number of nitrogens with one attached hydrogen (secondary N) is 1. The van der Waals surface area contributed by atoms with Crippen LogP contribution >= 0.6 is 34.7 Å². The van der Waals surface area contributed by atoms with Gasteiger partial charge in [0, 0.05) is 11.2 Å². The number of nitrogens with zero attached hydrogens (tertiary/aromatic N) is 4. The van der Waals surface area contributed by atoms with Crippen LogP contribution in [0.1, 0.15) is 38.1 Å². The molecule has 0 aromatic carbocycles. The van der Waals surface area contributed by atoms with Gasteiger partial charge in [-0.05, 0) is 31.4 Å². The van der Waals surface area contributed by atoms with E-state index >= 15 is 0 Å². The average molecular weight is 439 g/mol. The molecular weight excluding hydrogens is 416 g/mol. The van der Waals surface area contributed by atoms with E-state index in [1.165, 1.54) is 23.1 Å². The molecule has 0 saturated heterocycles. The van der Waals surface area contributed by atoms with Gasteiger partial charge in [-0.3, -0.25) is 4.98 Å². The second kappa shape index (κ2) is 9.21. The fraction of sp³-hybridized carbons (Fsp3) is 0.444. The number of pyridine rings is 1. The Morgan fingerprint density at radius 3 is 2.75 bits per heavy atom. The Hall–Kier alpha value is -1.68. The quantitative estimate of drug-likeness (QED) is 0.351. The number of hydrogen-bond donors (Lipinski definition) is 3. The van der Waals surface area contributed by atoms with Crippen molar-refractivity contribution in [1.82, 2.24) is 19.9 Å². The molecule has 0 amide bonds. The first-order valence-electron chi connectivity index (χ1n) is 8.95. The van der Waals surface area contributed by atoms with Crippen molar-refractivity contribution in [1.29, 1.82) is 0 Å². The second-order valence-electron chi connectivity index (χ2n) is 6.87. The van der Waals surface area contributed by atoms with Gasteiger partial charge in [0.2, 0.25) is 0 Å². The molecule has 3 aromatic rings. The van der Waals surface area contributed by atoms with E-state index in [9.17, 15) is 5.11 Å². The largest absolute Gasteiger partial charge is 0.394 e. The van der Waals surface area contributed by atoms with E-state index in [0.717, 1.165) is 16.8 Å². The zero-order chi connectivity index (χ0) is 20.3. The summed E-state index contributed by atoms with van der Waals surface area (Å²) in [6.07, 6.45) is 2.51. The van der Waals surface area contributed by atoms with E-state index in [0.29, 0.717) is 32.7 Å². The van der Waals surface area contributed by atoms with Crippen LogP contribution in [0, 0.1) is 5.92 Å². The number of aliphatic hydroxyl groups is 1. The number of fused-ring (bicyclic) bond motifs is 1. The van der Waals surface area contributed by atoms with Gasteiger partial charge in [-0.2, -0.15) is 0 Å². The number of nitrogens with two attached hydrogens (primary N) is 1. The fourth-order valence-electron chi connectivity index (χ4n) is 2.77. The van der Waals surface area contributed by atoms with Crippen LogP contribution in [0.25, 0.3) is 10.3 Å². The minimum absolute atomic E-state index is 0.00397. The molecule has 0 aliphatic heterocycles. The lowest BCUT2D eigenvalue weighted by Gasteiger charge is -2.19. The summed E-state index contributed by atoms with van der Waals surface area (Å²) >= 11 is 8.88. The molecule has 3 rings (SSSR count). The number of anilines is 2. The van der Waals surface area contributed by atoms with Gasteiger partial charge in [-0.15, -0.1) is 0 Å². The molecule has 0 aliphatic rings. The third-order valence-electron chi connectivity index (χ3n) is 4.01. The maximum atomic E-state index is 9.73. The van der Waals surface area contributed by atoms with Gasteiger partial charge in [0.05, 0.1) is 23.6 Å². The Morgan fingerprint density at radius 1 is 1.29 bits per heavy atom. The average Bonchev–Trinajstić information content (AvgIpc) is 3.01. The van der Waals surface area contributed by atoms with Crippen molar-refractivity contribution in [2.45, 2.75) is 43.6 Å². The summed E-state index contributed by atoms with van der Waals surface area (Å²) in [4.78, 5) is 17.9. The standard InChI is InChI=1S/C18H23ClN6OS2/c1-9(2)6-12(8-26)22-15-14-16(23-17(20)28-14)25-18(24-15)27-10(3)13-7-11(19)4-5-21-13/h4-5,7,9-10,12,26H,6,8H2,1-3H3,(H3,20,22,23,24,25)/t10-,12+/m0/s1. The number of halogens is 1. The minimum atomic E-state index is -0.105. The van der Waals surface area contributed by atoms with E-state index in [1.54, 1.807) is 12.3 Å². The van der Waals surface area contributed by atoms with Gasteiger partial charge in [0.15, 0.2) is 21.8 Å². The summed E-state index contributed by atoms with van der Waals surface area (Å²) in [6.45, 7) is 6.27. The van der Waals surface area contributed by atoms with Crippen LogP contribution in [0.2, 0.25) is 5.02 Å². The first kappa shape index (κ1) is 21.0. The van der Waals surface area contributed by atoms with Crippen molar-refractivity contribution >= 4 is 56.0 Å². The van der Waals surface area contributed by atoms with Crippen LogP contribution in [-0.4, -0.2) is 37.7 Å². The molecule has 7 nitrogen and oxygen atoms in total. The highest BCUT2D eigenvalue weighted by Crippen LogP contribution is 2.36. The summed E-state index contributed by atoms with van der Waals surface area (Å²) in [5.41, 5.74) is 7.29. The Kier molecular flexibility index (Phi) is 6.92. The van der Waals surface area contributed by atoms with Crippen molar-refractivity contribution in [3.05, 3.63) is 29.0 Å². The summed E-state index contributed by atoms with van der Waals surface area (Å²) in [7, 11) is 0. The lowest BCUT2D eigenvalue weighted by Crippen LogP contribution is -2.26. The normalized spacial score (nSPS) is 13.8. The molecule has 150 valence electrons. The van der Waals surface area contributed by atoms with Crippen LogP contribution in [0.5, 0.6) is 0 Å². The number of thiazole rings is 1. The van der Waals surface area contributed by atoms with E-state index in [4.69, 9.17) is 17.3 Å². The van der Waals surface area contributed by atoms with Crippen molar-refractivity contribution in [3.63, 3.8) is 0 Å². The van der Waals surface area contributed by atoms with Crippen LogP contribution in [0.3, 0.4) is 0 Å². The zero-order valence-corrected chi connectivity index (χ0v) is 18.3. The zero-order valence-electron chi connectivity index (χ0n) is 15.9. The van der Waals surface area contributed by atoms with Crippen molar-refractivity contribution < 1.29 is 5.11 Å². The summed E-state index contributed by atoms with van der Waals surface area (Å²) < 4.78 is 0.789. The Morgan fingerprint density at radius 2 is 2.07 bits per heavy atom. The van der Waals surface area contributed by atoms with Crippen LogP contribution in [0.15, 0.2) is 23.5 Å². The molecule has 2 atom stereocenters. The maximum absolute atomic E-state index is 9.73. The van der Waals surface area contributed by atoms with Gasteiger partial charge in [-0.1, -0.05) is 48.5 Å². The first-order valence-corrected chi connectivity index (χ1v) is 11.0. The molecule has 0 saturated carbocycles. The molecule has 4 N–H and O–H groups in total. The third-order valence-corrected chi connectivity index (χ3v) is 6.11. The number of rotatable bonds is 8. The molecule has 28 heavy (non-hydrogen) atoms. The van der Waals surface area contributed by atoms with Crippen LogP contribution < -0.4 is 11.1 Å². The summed E-state index contributed by atoms with van der Waals surface area (Å²) in [5.74, 6) is 1.09. The lowest BCUT2D eigenvalue weighted by atomic mass is 10.0. The highest BCUT2D eigenvalue weighted by Gasteiger charge is 2.19. The highest BCUT2D eigenvalue weighted by molar-refractivity contribution is 7.99. The smallest absolute Gasteiger partial charge is 0.192 e. The molecule has 0 radical (unpaired) electrons. The molecule has 0 spiro atoms. The van der Waals surface area contributed by atoms with Gasteiger partial charge >= 0.3 is 0 Å². The Bertz CT molecular complexity index is 951. The van der Waals surface area contributed by atoms with E-state index in [2.05, 4.69) is 39.1 Å². The molecule has 10 heteroatoms. The number of aromatic nitrogens is 4. The lowest BCUT2D eigenvalue weighted by molar-refractivity contribution is 0.259. The van der Waals surface area contributed by atoms with E-state index in [-0.39, 0.29) is 17.9 Å². The number of hydrogen-bond acceptors (Lipinski definition) is 9. The molecule has 3 heterocycles. The van der Waals surface area contributed by atoms with Crippen LogP contribution in [-0.2, 0) is 0 Å². The van der Waals surface area contributed by atoms with Crippen LogP contribution in [0.4, 0.5) is 10.9 Å². The Balaban J connectivity index is 1.90. The summed E-state index contributed by atoms with van der Waals surface area (Å²) in [5, 5.41) is 14.7. The van der Waals surface area contributed by atoms with Crippen molar-refractivity contribution in [2.75, 3.05) is 17.7 Å². The first-order chi connectivity index (χ1) is 13.4. The van der Waals surface area contributed by atoms with Gasteiger partial charge in [-0.25, -0.2) is 15.0 Å². The highest BCUT2D eigenvalue weighted by atomic mass is 35.5. The predicted molar refractivity (Wildman–Crippen MR) is 117 cm³/mol. The topological polar surface area (TPSA) is 110 Å². The van der Waals surface area contributed by atoms with Gasteiger partial charge in [0.25, 0.3) is 0 Å². The van der Waals surface area contributed by atoms with Gasteiger partial charge < -0.3 is 16.2 Å². The molecule has 0 bridgehead atoms. The monoisotopic (exact) mass is 438 g/mol. The predicted octanol–water partition coefficient (Wildman–Crippen LogP) is 4.39. The number of nitrogen functional groups attached to an aromatic ring is 1. The van der Waals surface area contributed by atoms with E-state index < -0.39 is 0 Å². The molecular formula is C18H23ClN6OS2.